The zero-order valence-electron chi connectivity index (χ0n) is 18.3. The van der Waals surface area contributed by atoms with Gasteiger partial charge in [-0.3, -0.25) is 9.78 Å². The van der Waals surface area contributed by atoms with Crippen molar-refractivity contribution < 1.29 is 9.18 Å². The largest absolute Gasteiger partial charge is 0.328 e. The van der Waals surface area contributed by atoms with E-state index in [0.717, 1.165) is 5.56 Å². The van der Waals surface area contributed by atoms with Crippen molar-refractivity contribution in [1.29, 1.82) is 0 Å². The van der Waals surface area contributed by atoms with Crippen molar-refractivity contribution in [3.05, 3.63) is 107 Å². The van der Waals surface area contributed by atoms with Gasteiger partial charge in [-0.25, -0.2) is 9.07 Å². The Balaban J connectivity index is 1.48. The van der Waals surface area contributed by atoms with Crippen LogP contribution in [0.1, 0.15) is 24.1 Å². The molecule has 0 spiro atoms. The smallest absolute Gasteiger partial charge is 0.255 e. The second-order valence-corrected chi connectivity index (χ2v) is 8.65. The van der Waals surface area contributed by atoms with E-state index in [1.807, 2.05) is 49.4 Å². The molecule has 3 heterocycles. The third kappa shape index (κ3) is 4.42. The lowest BCUT2D eigenvalue weighted by molar-refractivity contribution is -0.113. The molecule has 2 aromatic carbocycles. The lowest BCUT2D eigenvalue weighted by Gasteiger charge is -2.28. The molecule has 9 heteroatoms. The molecule has 0 saturated heterocycles. The number of hydrogen-bond acceptors (Lipinski definition) is 6. The molecule has 0 unspecified atom stereocenters. The van der Waals surface area contributed by atoms with Gasteiger partial charge in [-0.15, -0.1) is 5.10 Å². The predicted molar refractivity (Wildman–Crippen MR) is 130 cm³/mol. The molecular formula is C25H21FN6OS. The van der Waals surface area contributed by atoms with E-state index in [1.54, 1.807) is 35.3 Å². The van der Waals surface area contributed by atoms with Crippen LogP contribution in [0.15, 0.2) is 95.6 Å². The SMILES string of the molecule is CC1=C(C(=O)Nc2ccccc2)[C@H](c2ccncc2)n2nc(SCc3ccccc3F)nc2N1. The van der Waals surface area contributed by atoms with Crippen molar-refractivity contribution in [2.24, 2.45) is 0 Å². The van der Waals surface area contributed by atoms with Gasteiger partial charge in [0.25, 0.3) is 5.91 Å². The van der Waals surface area contributed by atoms with Gasteiger partial charge < -0.3 is 10.6 Å². The third-order valence-corrected chi connectivity index (χ3v) is 6.33. The average molecular weight is 473 g/mol. The first-order chi connectivity index (χ1) is 16.6. The summed E-state index contributed by atoms with van der Waals surface area (Å²) in [4.78, 5) is 22.1. The molecule has 0 saturated carbocycles. The number of para-hydroxylation sites is 1. The van der Waals surface area contributed by atoms with Gasteiger partial charge in [0.05, 0.1) is 5.57 Å². The minimum Gasteiger partial charge on any atom is -0.328 e. The number of nitrogens with one attached hydrogen (secondary N) is 2. The first kappa shape index (κ1) is 21.8. The highest BCUT2D eigenvalue weighted by Gasteiger charge is 2.34. The molecule has 1 atom stereocenters. The van der Waals surface area contributed by atoms with Crippen molar-refractivity contribution in [3.8, 4) is 0 Å². The van der Waals surface area contributed by atoms with Crippen molar-refractivity contribution in [1.82, 2.24) is 19.7 Å². The maximum atomic E-state index is 14.0. The fourth-order valence-electron chi connectivity index (χ4n) is 3.82. The summed E-state index contributed by atoms with van der Waals surface area (Å²) in [6.45, 7) is 1.85. The van der Waals surface area contributed by atoms with E-state index in [9.17, 15) is 9.18 Å². The fraction of sp³-hybridized carbons (Fsp3) is 0.120. The van der Waals surface area contributed by atoms with Crippen molar-refractivity contribution in [2.75, 3.05) is 10.6 Å². The second kappa shape index (κ2) is 9.48. The summed E-state index contributed by atoms with van der Waals surface area (Å²) in [5.74, 6) is 0.416. The Kier molecular flexibility index (Phi) is 6.09. The third-order valence-electron chi connectivity index (χ3n) is 5.45. The van der Waals surface area contributed by atoms with Gasteiger partial charge >= 0.3 is 0 Å². The molecular weight excluding hydrogens is 451 g/mol. The Hall–Kier alpha value is -3.98. The van der Waals surface area contributed by atoms with Gasteiger partial charge in [0.1, 0.15) is 11.9 Å². The Bertz CT molecular complexity index is 1360. The number of rotatable bonds is 6. The number of fused-ring (bicyclic) bond motifs is 1. The molecule has 0 fully saturated rings. The fourth-order valence-corrected chi connectivity index (χ4v) is 4.63. The van der Waals surface area contributed by atoms with E-state index < -0.39 is 6.04 Å². The standard InChI is InChI=1S/C25H21FN6OS/c1-16-21(23(33)29-19-8-3-2-4-9-19)22(17-11-13-27-14-12-17)32-24(28-16)30-25(31-32)34-15-18-7-5-6-10-20(18)26/h2-14,22H,15H2,1H3,(H,29,33)(H,28,30,31)/t22-/m0/s1. The first-order valence-electron chi connectivity index (χ1n) is 10.7. The van der Waals surface area contributed by atoms with Crippen LogP contribution < -0.4 is 10.6 Å². The van der Waals surface area contributed by atoms with Crippen molar-refractivity contribution >= 4 is 29.3 Å². The van der Waals surface area contributed by atoms with Crippen LogP contribution in [0.2, 0.25) is 0 Å². The van der Waals surface area contributed by atoms with Crippen molar-refractivity contribution in [3.63, 3.8) is 0 Å². The number of anilines is 2. The number of hydrogen-bond donors (Lipinski definition) is 2. The maximum Gasteiger partial charge on any atom is 0.255 e. The Morgan fingerprint density at radius 1 is 1.09 bits per heavy atom. The highest BCUT2D eigenvalue weighted by molar-refractivity contribution is 7.98. The molecule has 0 aliphatic carbocycles. The van der Waals surface area contributed by atoms with Gasteiger partial charge in [0.2, 0.25) is 11.1 Å². The lowest BCUT2D eigenvalue weighted by atomic mass is 9.96. The molecule has 2 aromatic heterocycles. The summed E-state index contributed by atoms with van der Waals surface area (Å²) in [5, 5.41) is 11.3. The van der Waals surface area contributed by atoms with Gasteiger partial charge in [-0.1, -0.05) is 48.2 Å². The van der Waals surface area contributed by atoms with Crippen molar-refractivity contribution in [2.45, 2.75) is 23.9 Å². The lowest BCUT2D eigenvalue weighted by Crippen LogP contribution is -2.31. The van der Waals surface area contributed by atoms with E-state index in [1.165, 1.54) is 17.8 Å². The van der Waals surface area contributed by atoms with Crippen LogP contribution in [0, 0.1) is 5.82 Å². The molecule has 34 heavy (non-hydrogen) atoms. The Morgan fingerprint density at radius 3 is 2.59 bits per heavy atom. The van der Waals surface area contributed by atoms with Gasteiger partial charge in [-0.05, 0) is 48.4 Å². The minimum absolute atomic E-state index is 0.236. The van der Waals surface area contributed by atoms with Crippen LogP contribution in [-0.2, 0) is 10.5 Å². The quantitative estimate of drug-likeness (QED) is 0.383. The van der Waals surface area contributed by atoms with E-state index in [4.69, 9.17) is 0 Å². The summed E-state index contributed by atoms with van der Waals surface area (Å²) < 4.78 is 15.7. The number of thioether (sulfide) groups is 1. The molecule has 7 nitrogen and oxygen atoms in total. The average Bonchev–Trinajstić information content (AvgIpc) is 3.26. The summed E-state index contributed by atoms with van der Waals surface area (Å²) in [5.41, 5.74) is 3.34. The Labute approximate surface area is 200 Å². The van der Waals surface area contributed by atoms with Crippen LogP contribution in [-0.4, -0.2) is 25.7 Å². The highest BCUT2D eigenvalue weighted by atomic mass is 32.2. The number of benzene rings is 2. The summed E-state index contributed by atoms with van der Waals surface area (Å²) >= 11 is 1.34. The number of carbonyl (C=O) groups excluding carboxylic acids is 1. The first-order valence-corrected chi connectivity index (χ1v) is 11.7. The van der Waals surface area contributed by atoms with E-state index in [0.29, 0.717) is 39.4 Å². The Morgan fingerprint density at radius 2 is 1.82 bits per heavy atom. The molecule has 1 aliphatic rings. The number of aromatic nitrogens is 4. The highest BCUT2D eigenvalue weighted by Crippen LogP contribution is 2.36. The predicted octanol–water partition coefficient (Wildman–Crippen LogP) is 5.03. The molecule has 1 aliphatic heterocycles. The summed E-state index contributed by atoms with van der Waals surface area (Å²) in [7, 11) is 0. The number of pyridine rings is 1. The number of amides is 1. The number of allylic oxidation sites excluding steroid dienone is 1. The summed E-state index contributed by atoms with van der Waals surface area (Å²) in [6, 6.07) is 19.2. The zero-order chi connectivity index (χ0) is 23.5. The topological polar surface area (TPSA) is 84.7 Å². The number of halogens is 1. The van der Waals surface area contributed by atoms with Crippen LogP contribution in [0.4, 0.5) is 16.0 Å². The molecule has 1 amide bonds. The van der Waals surface area contributed by atoms with E-state index >= 15 is 0 Å². The summed E-state index contributed by atoms with van der Waals surface area (Å²) in [6.07, 6.45) is 3.37. The van der Waals surface area contributed by atoms with E-state index in [-0.39, 0.29) is 11.7 Å². The van der Waals surface area contributed by atoms with Crippen LogP contribution in [0.3, 0.4) is 0 Å². The molecule has 5 rings (SSSR count). The number of nitrogens with zero attached hydrogens (tertiary/aromatic N) is 4. The van der Waals surface area contributed by atoms with Gasteiger partial charge in [0, 0.05) is 29.5 Å². The second-order valence-electron chi connectivity index (χ2n) is 7.71. The van der Waals surface area contributed by atoms with Crippen LogP contribution in [0.25, 0.3) is 0 Å². The van der Waals surface area contributed by atoms with Crippen LogP contribution >= 0.6 is 11.8 Å². The van der Waals surface area contributed by atoms with E-state index in [2.05, 4.69) is 25.7 Å². The zero-order valence-corrected chi connectivity index (χ0v) is 19.1. The molecule has 0 radical (unpaired) electrons. The maximum absolute atomic E-state index is 14.0. The normalized spacial score (nSPS) is 14.9. The molecule has 4 aromatic rings. The van der Waals surface area contributed by atoms with Crippen LogP contribution in [0.5, 0.6) is 0 Å². The van der Waals surface area contributed by atoms with Gasteiger partial charge in [-0.2, -0.15) is 4.98 Å². The molecule has 0 bridgehead atoms. The monoisotopic (exact) mass is 472 g/mol. The molecule has 170 valence electrons. The minimum atomic E-state index is -0.502. The number of carbonyl (C=O) groups is 1. The molecule has 2 N–H and O–H groups in total. The van der Waals surface area contributed by atoms with Gasteiger partial charge in [0.15, 0.2) is 0 Å².